The smallest absolute Gasteiger partial charge is 0.333 e. The lowest BCUT2D eigenvalue weighted by molar-refractivity contribution is -0.384. The van der Waals surface area contributed by atoms with E-state index in [1.807, 2.05) is 0 Å². The molecule has 164 valence electrons. The Balaban J connectivity index is 2.30. The average molecular weight is 454 g/mol. The Labute approximate surface area is 186 Å². The molecule has 1 aromatic carbocycles. The van der Waals surface area contributed by atoms with Gasteiger partial charge in [0.1, 0.15) is 11.9 Å². The first-order valence-corrected chi connectivity index (χ1v) is 9.95. The quantitative estimate of drug-likeness (QED) is 0.308. The number of anilines is 1. The SMILES string of the molecule is [2H]C([2H])([2H])OC[C@@](Nc1c([N+](=O)[O-])cnc2c1ccn2S(=O)(=O)c1ccccc1)(C(=O)OC)C([2H])([2H])[2H]. The number of benzene rings is 1. The van der Waals surface area contributed by atoms with E-state index in [4.69, 9.17) is 8.22 Å². The van der Waals surface area contributed by atoms with Gasteiger partial charge in [0.05, 0.1) is 33.0 Å². The van der Waals surface area contributed by atoms with Gasteiger partial charge in [-0.25, -0.2) is 22.2 Å². The van der Waals surface area contributed by atoms with Crippen molar-refractivity contribution in [1.29, 1.82) is 0 Å². The Kier molecular flexibility index (Phi) is 4.11. The van der Waals surface area contributed by atoms with E-state index < -0.39 is 58.3 Å². The third-order valence-corrected chi connectivity index (χ3v) is 6.00. The van der Waals surface area contributed by atoms with E-state index in [0.29, 0.717) is 6.20 Å². The zero-order chi connectivity index (χ0) is 27.8. The lowest BCUT2D eigenvalue weighted by Gasteiger charge is -2.28. The highest BCUT2D eigenvalue weighted by molar-refractivity contribution is 7.90. The van der Waals surface area contributed by atoms with Crippen LogP contribution in [0.2, 0.25) is 0 Å². The summed E-state index contributed by atoms with van der Waals surface area (Å²) in [6, 6.07) is 8.30. The third kappa shape index (κ3) is 3.94. The minimum atomic E-state index is -4.24. The van der Waals surface area contributed by atoms with Crippen molar-refractivity contribution in [3.8, 4) is 0 Å². The van der Waals surface area contributed by atoms with Crippen LogP contribution in [0.4, 0.5) is 11.4 Å². The van der Waals surface area contributed by atoms with Crippen molar-refractivity contribution in [2.45, 2.75) is 17.3 Å². The zero-order valence-electron chi connectivity index (χ0n) is 21.9. The molecular weight excluding hydrogens is 428 g/mol. The second-order valence-corrected chi connectivity index (χ2v) is 8.07. The fourth-order valence-corrected chi connectivity index (χ4v) is 4.19. The van der Waals surface area contributed by atoms with Crippen LogP contribution in [0.1, 0.15) is 15.1 Å². The van der Waals surface area contributed by atoms with E-state index in [-0.39, 0.29) is 15.9 Å². The molecule has 0 aliphatic heterocycles. The van der Waals surface area contributed by atoms with Gasteiger partial charge in [-0.1, -0.05) is 18.2 Å². The molecule has 2 heterocycles. The number of carbonyl (C=O) groups excluding carboxylic acids is 1. The summed E-state index contributed by atoms with van der Waals surface area (Å²) in [5.41, 5.74) is -4.73. The number of fused-ring (bicyclic) bond motifs is 1. The van der Waals surface area contributed by atoms with Crippen molar-refractivity contribution in [3.05, 3.63) is 58.9 Å². The fourth-order valence-electron chi connectivity index (χ4n) is 2.86. The summed E-state index contributed by atoms with van der Waals surface area (Å²) < 4.78 is 81.9. The van der Waals surface area contributed by atoms with Crippen LogP contribution in [0.5, 0.6) is 0 Å². The predicted octanol–water partition coefficient (Wildman–Crippen LogP) is 2.17. The summed E-state index contributed by atoms with van der Waals surface area (Å²) in [6.07, 6.45) is 1.72. The summed E-state index contributed by atoms with van der Waals surface area (Å²) in [6.45, 7) is -4.68. The van der Waals surface area contributed by atoms with Crippen molar-refractivity contribution in [2.75, 3.05) is 26.1 Å². The molecule has 31 heavy (non-hydrogen) atoms. The van der Waals surface area contributed by atoms with E-state index in [1.54, 1.807) is 6.07 Å². The Morgan fingerprint density at radius 1 is 1.35 bits per heavy atom. The van der Waals surface area contributed by atoms with Gasteiger partial charge in [0, 0.05) is 17.3 Å². The molecule has 0 saturated carbocycles. The molecule has 11 nitrogen and oxygen atoms in total. The molecule has 0 fully saturated rings. The van der Waals surface area contributed by atoms with Crippen LogP contribution in [-0.2, 0) is 24.3 Å². The van der Waals surface area contributed by atoms with Gasteiger partial charge >= 0.3 is 11.7 Å². The van der Waals surface area contributed by atoms with E-state index in [0.717, 1.165) is 23.3 Å². The topological polar surface area (TPSA) is 143 Å². The van der Waals surface area contributed by atoms with Crippen molar-refractivity contribution in [1.82, 2.24) is 8.96 Å². The van der Waals surface area contributed by atoms with Crippen LogP contribution in [0.25, 0.3) is 11.0 Å². The maximum Gasteiger partial charge on any atom is 0.333 e. The first-order chi connectivity index (χ1) is 17.0. The van der Waals surface area contributed by atoms with Crippen molar-refractivity contribution in [3.63, 3.8) is 0 Å². The first-order valence-electron chi connectivity index (χ1n) is 11.5. The second kappa shape index (κ2) is 8.32. The van der Waals surface area contributed by atoms with Gasteiger partial charge in [0.15, 0.2) is 11.2 Å². The Hall–Kier alpha value is -3.51. The number of ether oxygens (including phenoxy) is 2. The standard InChI is InChI=1S/C19H20N4O7S/c1-19(12-29-2,18(24)30-3)21-16-14-9-10-22(17(14)20-11-15(16)23(25)26)31(27,28)13-7-5-4-6-8-13/h4-11H,12H2,1-3H3,(H,20,21)/t19-/m1/s1/i1D3,2D3. The van der Waals surface area contributed by atoms with Gasteiger partial charge in [0.25, 0.3) is 10.0 Å². The minimum absolute atomic E-state index is 0.125. The number of nitro groups is 1. The van der Waals surface area contributed by atoms with Crippen LogP contribution in [0.15, 0.2) is 53.7 Å². The van der Waals surface area contributed by atoms with Crippen LogP contribution in [-0.4, -0.2) is 54.6 Å². The zero-order valence-corrected chi connectivity index (χ0v) is 16.8. The van der Waals surface area contributed by atoms with E-state index >= 15 is 0 Å². The summed E-state index contributed by atoms with van der Waals surface area (Å²) in [4.78, 5) is 27.4. The molecule has 0 unspecified atom stereocenters. The number of pyridine rings is 1. The summed E-state index contributed by atoms with van der Waals surface area (Å²) in [5.74, 6) is -1.51. The Morgan fingerprint density at radius 3 is 2.71 bits per heavy atom. The molecular formula is C19H20N4O7S. The Bertz CT molecular complexity index is 1440. The molecule has 0 saturated heterocycles. The normalized spacial score (nSPS) is 17.2. The molecule has 0 radical (unpaired) electrons. The molecule has 0 bridgehead atoms. The first kappa shape index (κ1) is 15.3. The van der Waals surface area contributed by atoms with Gasteiger partial charge in [-0.05, 0) is 25.1 Å². The number of aromatic nitrogens is 2. The summed E-state index contributed by atoms with van der Waals surface area (Å²) in [7, 11) is -6.55. The molecule has 3 aromatic rings. The molecule has 0 amide bonds. The van der Waals surface area contributed by atoms with Crippen LogP contribution < -0.4 is 5.32 Å². The average Bonchev–Trinajstić information content (AvgIpc) is 3.25. The number of carbonyl (C=O) groups is 1. The molecule has 0 aliphatic rings. The van der Waals surface area contributed by atoms with Crippen molar-refractivity contribution >= 4 is 38.4 Å². The van der Waals surface area contributed by atoms with Crippen molar-refractivity contribution in [2.24, 2.45) is 0 Å². The third-order valence-electron chi connectivity index (χ3n) is 4.32. The minimum Gasteiger partial charge on any atom is -0.467 e. The van der Waals surface area contributed by atoms with Crippen LogP contribution >= 0.6 is 0 Å². The fraction of sp³-hybridized carbons (Fsp3) is 0.263. The molecule has 1 atom stereocenters. The number of methoxy groups -OCH3 is 2. The number of nitrogens with zero attached hydrogens (tertiary/aromatic N) is 3. The van der Waals surface area contributed by atoms with Gasteiger partial charge in [0.2, 0.25) is 0 Å². The van der Waals surface area contributed by atoms with E-state index in [2.05, 4.69) is 19.8 Å². The number of esters is 1. The number of hydrogen-bond donors (Lipinski definition) is 1. The predicted molar refractivity (Wildman–Crippen MR) is 111 cm³/mol. The van der Waals surface area contributed by atoms with Crippen molar-refractivity contribution < 1.29 is 35.8 Å². The van der Waals surface area contributed by atoms with Crippen LogP contribution in [0.3, 0.4) is 0 Å². The highest BCUT2D eigenvalue weighted by Crippen LogP contribution is 2.35. The van der Waals surface area contributed by atoms with Gasteiger partial charge in [-0.2, -0.15) is 0 Å². The molecule has 0 spiro atoms. The molecule has 2 aromatic heterocycles. The maximum absolute atomic E-state index is 13.2. The molecule has 0 aliphatic carbocycles. The highest BCUT2D eigenvalue weighted by atomic mass is 32.2. The summed E-state index contributed by atoms with van der Waals surface area (Å²) in [5, 5.41) is 13.8. The van der Waals surface area contributed by atoms with Gasteiger partial charge in [-0.15, -0.1) is 0 Å². The lowest BCUT2D eigenvalue weighted by Crippen LogP contribution is -2.48. The summed E-state index contributed by atoms with van der Waals surface area (Å²) >= 11 is 0. The molecule has 1 N–H and O–H groups in total. The Morgan fingerprint density at radius 2 is 2.10 bits per heavy atom. The molecule has 12 heteroatoms. The van der Waals surface area contributed by atoms with E-state index in [1.165, 1.54) is 24.3 Å². The highest BCUT2D eigenvalue weighted by Gasteiger charge is 2.38. The van der Waals surface area contributed by atoms with Crippen LogP contribution in [0, 0.1) is 10.1 Å². The maximum atomic E-state index is 13.2. The monoisotopic (exact) mass is 454 g/mol. The second-order valence-electron chi connectivity index (χ2n) is 6.25. The number of rotatable bonds is 8. The molecule has 3 rings (SSSR count). The van der Waals surface area contributed by atoms with E-state index in [9.17, 15) is 23.3 Å². The van der Waals surface area contributed by atoms with Gasteiger partial charge in [-0.3, -0.25) is 10.1 Å². The lowest BCUT2D eigenvalue weighted by atomic mass is 10.0. The number of hydrogen-bond acceptors (Lipinski definition) is 9. The van der Waals surface area contributed by atoms with Gasteiger partial charge < -0.3 is 14.8 Å². The number of nitrogens with one attached hydrogen (secondary N) is 1. The largest absolute Gasteiger partial charge is 0.467 e.